The van der Waals surface area contributed by atoms with Gasteiger partial charge in [0.25, 0.3) is 0 Å². The van der Waals surface area contributed by atoms with Crippen LogP contribution in [0.1, 0.15) is 5.56 Å². The summed E-state index contributed by atoms with van der Waals surface area (Å²) in [4.78, 5) is 34.7. The molecule has 0 aliphatic rings. The van der Waals surface area contributed by atoms with Gasteiger partial charge in [-0.05, 0) is 23.8 Å². The number of aromatic nitrogens is 8. The molecule has 0 fully saturated rings. The second-order valence-corrected chi connectivity index (χ2v) is 6.59. The molecule has 0 spiro atoms. The van der Waals surface area contributed by atoms with Crippen LogP contribution in [0, 0.1) is 4.91 Å². The van der Waals surface area contributed by atoms with Crippen molar-refractivity contribution in [3.05, 3.63) is 65.6 Å². The average molecular weight is 399 g/mol. The van der Waals surface area contributed by atoms with Gasteiger partial charge in [0, 0.05) is 28.5 Å². The Balaban J connectivity index is 1.47. The van der Waals surface area contributed by atoms with Crippen LogP contribution in [-0.4, -0.2) is 45.6 Å². The zero-order valence-electron chi connectivity index (χ0n) is 15.5. The van der Waals surface area contributed by atoms with Gasteiger partial charge in [0.1, 0.15) is 6.54 Å². The van der Waals surface area contributed by atoms with Gasteiger partial charge in [0.2, 0.25) is 5.65 Å². The SMILES string of the molecule is O=NC(=O)Cn1cc(-c2cnc3nnn(Cc4ccc5ncccc5c4)c3n2)cn1. The number of benzene rings is 1. The minimum atomic E-state index is -0.806. The molecule has 1 amide bonds. The van der Waals surface area contributed by atoms with E-state index in [0.717, 1.165) is 16.5 Å². The second-order valence-electron chi connectivity index (χ2n) is 6.59. The Morgan fingerprint density at radius 1 is 1.13 bits per heavy atom. The minimum absolute atomic E-state index is 0.227. The molecule has 146 valence electrons. The first-order chi connectivity index (χ1) is 14.7. The van der Waals surface area contributed by atoms with Crippen molar-refractivity contribution in [1.29, 1.82) is 0 Å². The van der Waals surface area contributed by atoms with E-state index in [2.05, 4.69) is 41.6 Å². The van der Waals surface area contributed by atoms with Crippen LogP contribution in [0.25, 0.3) is 33.5 Å². The Kier molecular flexibility index (Phi) is 4.24. The number of pyridine rings is 1. The number of rotatable bonds is 5. The summed E-state index contributed by atoms with van der Waals surface area (Å²) in [5, 5.41) is 15.7. The molecule has 1 aromatic carbocycles. The highest BCUT2D eigenvalue weighted by atomic mass is 16.3. The number of fused-ring (bicyclic) bond motifs is 2. The molecular weight excluding hydrogens is 386 g/mol. The zero-order valence-corrected chi connectivity index (χ0v) is 15.5. The molecule has 0 radical (unpaired) electrons. The summed E-state index contributed by atoms with van der Waals surface area (Å²) in [6.45, 7) is 0.244. The van der Waals surface area contributed by atoms with Crippen LogP contribution in [0.4, 0.5) is 0 Å². The van der Waals surface area contributed by atoms with E-state index in [1.165, 1.54) is 4.68 Å². The highest BCUT2D eigenvalue weighted by molar-refractivity contribution is 5.79. The first-order valence-electron chi connectivity index (χ1n) is 8.98. The Labute approximate surface area is 168 Å². The van der Waals surface area contributed by atoms with Crippen molar-refractivity contribution < 1.29 is 4.79 Å². The van der Waals surface area contributed by atoms with E-state index in [4.69, 9.17) is 0 Å². The van der Waals surface area contributed by atoms with Crippen LogP contribution >= 0.6 is 0 Å². The molecule has 11 nitrogen and oxygen atoms in total. The Morgan fingerprint density at radius 2 is 2.07 bits per heavy atom. The summed E-state index contributed by atoms with van der Waals surface area (Å²) in [6, 6.07) is 9.90. The minimum Gasteiger partial charge on any atom is -0.267 e. The van der Waals surface area contributed by atoms with Crippen LogP contribution in [0.15, 0.2) is 60.3 Å². The van der Waals surface area contributed by atoms with Gasteiger partial charge in [-0.25, -0.2) is 14.6 Å². The van der Waals surface area contributed by atoms with E-state index in [9.17, 15) is 9.70 Å². The number of nitroso groups, excluding NO2 is 1. The molecule has 30 heavy (non-hydrogen) atoms. The molecule has 4 aromatic heterocycles. The Hall–Kier alpha value is -4.41. The fourth-order valence-electron chi connectivity index (χ4n) is 3.15. The van der Waals surface area contributed by atoms with E-state index >= 15 is 0 Å². The quantitative estimate of drug-likeness (QED) is 0.410. The van der Waals surface area contributed by atoms with Crippen LogP contribution in [0.3, 0.4) is 0 Å². The van der Waals surface area contributed by atoms with Gasteiger partial charge in [0.05, 0.1) is 30.1 Å². The fraction of sp³-hybridized carbons (Fsp3) is 0.105. The summed E-state index contributed by atoms with van der Waals surface area (Å²) in [5.41, 5.74) is 4.10. The number of hydrogen-bond donors (Lipinski definition) is 0. The molecule has 0 aliphatic carbocycles. The lowest BCUT2D eigenvalue weighted by Crippen LogP contribution is -2.06. The van der Waals surface area contributed by atoms with Crippen molar-refractivity contribution in [2.45, 2.75) is 13.1 Å². The van der Waals surface area contributed by atoms with E-state index in [0.29, 0.717) is 29.1 Å². The van der Waals surface area contributed by atoms with E-state index in [1.54, 1.807) is 29.5 Å². The monoisotopic (exact) mass is 399 g/mol. The van der Waals surface area contributed by atoms with Crippen molar-refractivity contribution in [3.63, 3.8) is 0 Å². The average Bonchev–Trinajstić information content (AvgIpc) is 3.40. The Bertz CT molecular complexity index is 1410. The molecule has 0 atom stereocenters. The van der Waals surface area contributed by atoms with Crippen LogP contribution in [0.2, 0.25) is 0 Å². The molecule has 0 saturated carbocycles. The molecule has 5 rings (SSSR count). The van der Waals surface area contributed by atoms with Crippen LogP contribution in [-0.2, 0) is 17.9 Å². The highest BCUT2D eigenvalue weighted by Crippen LogP contribution is 2.19. The summed E-state index contributed by atoms with van der Waals surface area (Å²) >= 11 is 0. The first-order valence-corrected chi connectivity index (χ1v) is 8.98. The molecule has 0 saturated heterocycles. The van der Waals surface area contributed by atoms with Crippen molar-refractivity contribution >= 4 is 28.1 Å². The van der Waals surface area contributed by atoms with Gasteiger partial charge in [-0.2, -0.15) is 5.10 Å². The molecule has 11 heteroatoms. The molecule has 4 heterocycles. The van der Waals surface area contributed by atoms with Crippen molar-refractivity contribution in [1.82, 2.24) is 39.7 Å². The standard InChI is InChI=1S/C19H13N9O2/c29-17(25-30)11-27-10-14(7-22-27)16-8-21-18-19(23-16)28(26-24-18)9-12-3-4-15-13(6-12)2-1-5-20-15/h1-8,10H,9,11H2. The predicted molar refractivity (Wildman–Crippen MR) is 106 cm³/mol. The molecule has 0 unspecified atom stereocenters. The topological polar surface area (TPSA) is 134 Å². The number of nitrogens with zero attached hydrogens (tertiary/aromatic N) is 9. The third-order valence-electron chi connectivity index (χ3n) is 4.56. The molecular formula is C19H13N9O2. The van der Waals surface area contributed by atoms with E-state index in [-0.39, 0.29) is 6.54 Å². The van der Waals surface area contributed by atoms with Gasteiger partial charge < -0.3 is 0 Å². The van der Waals surface area contributed by atoms with Crippen molar-refractivity contribution in [2.24, 2.45) is 5.18 Å². The van der Waals surface area contributed by atoms with Crippen molar-refractivity contribution in [3.8, 4) is 11.3 Å². The fourth-order valence-corrected chi connectivity index (χ4v) is 3.15. The number of hydrogen-bond acceptors (Lipinski definition) is 8. The third-order valence-corrected chi connectivity index (χ3v) is 4.56. The summed E-state index contributed by atoms with van der Waals surface area (Å²) < 4.78 is 3.00. The van der Waals surface area contributed by atoms with Gasteiger partial charge in [0.15, 0.2) is 5.65 Å². The lowest BCUT2D eigenvalue weighted by atomic mass is 10.1. The van der Waals surface area contributed by atoms with E-state index in [1.807, 2.05) is 24.3 Å². The second kappa shape index (κ2) is 7.20. The zero-order chi connectivity index (χ0) is 20.5. The third kappa shape index (κ3) is 3.28. The van der Waals surface area contributed by atoms with E-state index < -0.39 is 5.91 Å². The lowest BCUT2D eigenvalue weighted by molar-refractivity contribution is -0.118. The summed E-state index contributed by atoms with van der Waals surface area (Å²) in [7, 11) is 0. The predicted octanol–water partition coefficient (Wildman–Crippen LogP) is 1.97. The number of carbonyl (C=O) groups excluding carboxylic acids is 1. The first kappa shape index (κ1) is 17.7. The Morgan fingerprint density at radius 3 is 2.97 bits per heavy atom. The molecule has 0 bridgehead atoms. The van der Waals surface area contributed by atoms with Gasteiger partial charge in [-0.15, -0.1) is 10.0 Å². The maximum absolute atomic E-state index is 11.2. The smallest absolute Gasteiger partial charge is 0.267 e. The van der Waals surface area contributed by atoms with Crippen molar-refractivity contribution in [2.75, 3.05) is 0 Å². The molecule has 0 aliphatic heterocycles. The van der Waals surface area contributed by atoms with Gasteiger partial charge in [-0.3, -0.25) is 14.5 Å². The normalized spacial score (nSPS) is 11.2. The largest absolute Gasteiger partial charge is 0.307 e. The van der Waals surface area contributed by atoms with Crippen LogP contribution in [0.5, 0.6) is 0 Å². The lowest BCUT2D eigenvalue weighted by Gasteiger charge is -2.04. The van der Waals surface area contributed by atoms with Gasteiger partial charge in [-0.1, -0.05) is 17.3 Å². The molecule has 5 aromatic rings. The number of amides is 1. The molecule has 0 N–H and O–H groups in total. The maximum Gasteiger partial charge on any atom is 0.307 e. The maximum atomic E-state index is 11.2. The number of carbonyl (C=O) groups is 1. The highest BCUT2D eigenvalue weighted by Gasteiger charge is 2.13. The van der Waals surface area contributed by atoms with Crippen LogP contribution < -0.4 is 0 Å². The summed E-state index contributed by atoms with van der Waals surface area (Å²) in [6.07, 6.45) is 6.46. The summed E-state index contributed by atoms with van der Waals surface area (Å²) in [5.74, 6) is -0.806. The van der Waals surface area contributed by atoms with Gasteiger partial charge >= 0.3 is 5.91 Å².